The van der Waals surface area contributed by atoms with Crippen molar-refractivity contribution < 1.29 is 4.79 Å². The molecule has 0 N–H and O–H groups in total. The van der Waals surface area contributed by atoms with Gasteiger partial charge >= 0.3 is 0 Å². The number of nitrogens with zero attached hydrogens (tertiary/aromatic N) is 4. The van der Waals surface area contributed by atoms with Crippen LogP contribution < -0.4 is 0 Å². The Hall–Kier alpha value is -2.63. The highest BCUT2D eigenvalue weighted by molar-refractivity contribution is 6.30. The molecule has 2 aliphatic heterocycles. The zero-order chi connectivity index (χ0) is 19.1. The van der Waals surface area contributed by atoms with Gasteiger partial charge in [0.15, 0.2) is 0 Å². The third-order valence-electron chi connectivity index (χ3n) is 5.70. The van der Waals surface area contributed by atoms with Crippen LogP contribution in [-0.2, 0) is 13.1 Å². The van der Waals surface area contributed by atoms with Crippen molar-refractivity contribution in [1.29, 1.82) is 0 Å². The quantitative estimate of drug-likeness (QED) is 0.681. The monoisotopic (exact) mass is 392 g/mol. The van der Waals surface area contributed by atoms with Gasteiger partial charge in [-0.3, -0.25) is 14.7 Å². The minimum absolute atomic E-state index is 0.0847. The van der Waals surface area contributed by atoms with Crippen LogP contribution in [0.2, 0.25) is 5.02 Å². The second-order valence-electron chi connectivity index (χ2n) is 7.51. The van der Waals surface area contributed by atoms with Gasteiger partial charge in [0.2, 0.25) is 0 Å². The fraction of sp³-hybridized carbons (Fsp3) is 0.273. The van der Waals surface area contributed by atoms with Gasteiger partial charge in [-0.05, 0) is 42.0 Å². The lowest BCUT2D eigenvalue weighted by molar-refractivity contribution is 0.0553. The third-order valence-corrected chi connectivity index (χ3v) is 5.94. The van der Waals surface area contributed by atoms with Gasteiger partial charge in [-0.2, -0.15) is 0 Å². The zero-order valence-corrected chi connectivity index (χ0v) is 16.2. The lowest BCUT2D eigenvalue weighted by Crippen LogP contribution is -2.49. The largest absolute Gasteiger partial charge is 0.337 e. The van der Waals surface area contributed by atoms with Gasteiger partial charge in [0, 0.05) is 37.1 Å². The van der Waals surface area contributed by atoms with Crippen LogP contribution in [0.3, 0.4) is 0 Å². The SMILES string of the molecule is O=C1c2cccn2[C@@H]2CN(Cc3cccc(Cl)c3)C[C@H]2N1Cc1ccccn1. The summed E-state index contributed by atoms with van der Waals surface area (Å²) >= 11 is 6.15. The number of fused-ring (bicyclic) bond motifs is 3. The Bertz CT molecular complexity index is 1000. The number of pyridine rings is 1. The molecule has 0 bridgehead atoms. The van der Waals surface area contributed by atoms with Gasteiger partial charge in [0.05, 0.1) is 24.3 Å². The number of benzene rings is 1. The molecule has 1 aromatic carbocycles. The minimum Gasteiger partial charge on any atom is -0.337 e. The van der Waals surface area contributed by atoms with E-state index in [1.165, 1.54) is 5.56 Å². The summed E-state index contributed by atoms with van der Waals surface area (Å²) in [7, 11) is 0. The van der Waals surface area contributed by atoms with Crippen LogP contribution in [0.1, 0.15) is 27.8 Å². The van der Waals surface area contributed by atoms with E-state index in [1.54, 1.807) is 6.20 Å². The van der Waals surface area contributed by atoms with E-state index in [-0.39, 0.29) is 18.0 Å². The molecule has 2 atom stereocenters. The molecule has 3 aromatic rings. The Morgan fingerprint density at radius 1 is 1.00 bits per heavy atom. The first-order valence-electron chi connectivity index (χ1n) is 9.53. The van der Waals surface area contributed by atoms with E-state index in [2.05, 4.69) is 20.5 Å². The van der Waals surface area contributed by atoms with Crippen molar-refractivity contribution in [3.8, 4) is 0 Å². The molecule has 0 spiro atoms. The topological polar surface area (TPSA) is 41.4 Å². The highest BCUT2D eigenvalue weighted by Crippen LogP contribution is 2.35. The summed E-state index contributed by atoms with van der Waals surface area (Å²) in [6.45, 7) is 3.12. The molecular formula is C22H21ClN4O. The molecule has 0 unspecified atom stereocenters. The van der Waals surface area contributed by atoms with Crippen LogP contribution in [0, 0.1) is 0 Å². The fourth-order valence-electron chi connectivity index (χ4n) is 4.47. The lowest BCUT2D eigenvalue weighted by Gasteiger charge is -2.38. The van der Waals surface area contributed by atoms with Gasteiger partial charge in [0.25, 0.3) is 5.91 Å². The Balaban J connectivity index is 1.43. The smallest absolute Gasteiger partial charge is 0.271 e. The maximum atomic E-state index is 13.2. The molecule has 28 heavy (non-hydrogen) atoms. The van der Waals surface area contributed by atoms with E-state index in [4.69, 9.17) is 11.6 Å². The Morgan fingerprint density at radius 3 is 2.71 bits per heavy atom. The van der Waals surface area contributed by atoms with Gasteiger partial charge in [-0.15, -0.1) is 0 Å². The lowest BCUT2D eigenvalue weighted by atomic mass is 10.1. The average molecular weight is 393 g/mol. The van der Waals surface area contributed by atoms with Gasteiger partial charge in [0.1, 0.15) is 5.69 Å². The summed E-state index contributed by atoms with van der Waals surface area (Å²) in [5, 5.41) is 0.758. The maximum absolute atomic E-state index is 13.2. The van der Waals surface area contributed by atoms with Crippen molar-refractivity contribution in [3.63, 3.8) is 0 Å². The fourth-order valence-corrected chi connectivity index (χ4v) is 4.68. The van der Waals surface area contributed by atoms with Crippen molar-refractivity contribution in [1.82, 2.24) is 19.4 Å². The second-order valence-corrected chi connectivity index (χ2v) is 7.95. The van der Waals surface area contributed by atoms with Crippen molar-refractivity contribution in [2.24, 2.45) is 0 Å². The van der Waals surface area contributed by atoms with E-state index in [9.17, 15) is 4.79 Å². The molecule has 0 saturated carbocycles. The number of amides is 1. The molecule has 1 fully saturated rings. The highest BCUT2D eigenvalue weighted by Gasteiger charge is 2.44. The molecule has 1 saturated heterocycles. The predicted octanol–water partition coefficient (Wildman–Crippen LogP) is 3.62. The first-order chi connectivity index (χ1) is 13.7. The van der Waals surface area contributed by atoms with Crippen LogP contribution in [0.4, 0.5) is 0 Å². The third kappa shape index (κ3) is 3.11. The van der Waals surface area contributed by atoms with Crippen molar-refractivity contribution in [3.05, 3.63) is 89.0 Å². The van der Waals surface area contributed by atoms with Gasteiger partial charge in [-0.25, -0.2) is 0 Å². The van der Waals surface area contributed by atoms with E-state index in [1.807, 2.05) is 59.6 Å². The van der Waals surface area contributed by atoms with E-state index >= 15 is 0 Å². The average Bonchev–Trinajstić information content (AvgIpc) is 3.33. The summed E-state index contributed by atoms with van der Waals surface area (Å²) in [6.07, 6.45) is 3.82. The second kappa shape index (κ2) is 7.08. The Labute approximate surface area is 169 Å². The molecule has 5 nitrogen and oxygen atoms in total. The molecule has 0 radical (unpaired) electrons. The Kier molecular flexibility index (Phi) is 4.41. The normalized spacial score (nSPS) is 21.6. The van der Waals surface area contributed by atoms with Crippen LogP contribution in [0.5, 0.6) is 0 Å². The molecule has 6 heteroatoms. The molecule has 5 rings (SSSR count). The summed E-state index contributed by atoms with van der Waals surface area (Å²) in [6, 6.07) is 18.1. The summed E-state index contributed by atoms with van der Waals surface area (Å²) < 4.78 is 2.15. The highest BCUT2D eigenvalue weighted by atomic mass is 35.5. The number of aromatic nitrogens is 2. The van der Waals surface area contributed by atoms with Crippen LogP contribution in [0.25, 0.3) is 0 Å². The van der Waals surface area contributed by atoms with Gasteiger partial charge in [-0.1, -0.05) is 29.8 Å². The Morgan fingerprint density at radius 2 is 1.89 bits per heavy atom. The van der Waals surface area contributed by atoms with Crippen molar-refractivity contribution in [2.45, 2.75) is 25.2 Å². The molecule has 0 aliphatic carbocycles. The predicted molar refractivity (Wildman–Crippen MR) is 108 cm³/mol. The zero-order valence-electron chi connectivity index (χ0n) is 15.4. The number of hydrogen-bond donors (Lipinski definition) is 0. The van der Waals surface area contributed by atoms with Crippen molar-refractivity contribution >= 4 is 17.5 Å². The standard InChI is InChI=1S/C22H21ClN4O/c23-17-6-3-5-16(11-17)12-25-14-20-21(15-25)27(13-18-7-1-2-9-24-18)22(28)19-8-4-10-26(19)20/h1-11,20-21H,12-15H2/t20-,21-/m1/s1. The number of carbonyl (C=O) groups excluding carboxylic acids is 1. The molecule has 2 aromatic heterocycles. The molecule has 4 heterocycles. The molecule has 1 amide bonds. The first kappa shape index (κ1) is 17.5. The van der Waals surface area contributed by atoms with E-state index in [0.29, 0.717) is 6.54 Å². The van der Waals surface area contributed by atoms with Crippen LogP contribution in [0.15, 0.2) is 67.0 Å². The van der Waals surface area contributed by atoms with E-state index < -0.39 is 0 Å². The first-order valence-corrected chi connectivity index (χ1v) is 9.91. The number of rotatable bonds is 4. The molecular weight excluding hydrogens is 372 g/mol. The number of carbonyl (C=O) groups is 1. The minimum atomic E-state index is 0.0847. The van der Waals surface area contributed by atoms with Crippen molar-refractivity contribution in [2.75, 3.05) is 13.1 Å². The summed E-state index contributed by atoms with van der Waals surface area (Å²) in [5.41, 5.74) is 2.88. The van der Waals surface area contributed by atoms with Crippen LogP contribution >= 0.6 is 11.6 Å². The number of halogens is 1. The number of hydrogen-bond acceptors (Lipinski definition) is 3. The number of likely N-dealkylation sites (tertiary alicyclic amines) is 1. The van der Waals surface area contributed by atoms with Gasteiger partial charge < -0.3 is 9.47 Å². The summed E-state index contributed by atoms with van der Waals surface area (Å²) in [5.74, 6) is 0.0847. The van der Waals surface area contributed by atoms with E-state index in [0.717, 1.165) is 36.0 Å². The molecule has 142 valence electrons. The molecule has 2 aliphatic rings. The summed E-state index contributed by atoms with van der Waals surface area (Å²) in [4.78, 5) is 22.0. The maximum Gasteiger partial charge on any atom is 0.271 e. The van der Waals surface area contributed by atoms with Crippen LogP contribution in [-0.4, -0.2) is 44.4 Å².